The van der Waals surface area contributed by atoms with E-state index in [-0.39, 0.29) is 34.5 Å². The molecule has 0 radical (unpaired) electrons. The van der Waals surface area contributed by atoms with Crippen LogP contribution in [0.3, 0.4) is 0 Å². The normalized spacial score (nSPS) is 12.9. The zero-order chi connectivity index (χ0) is 66.3. The van der Waals surface area contributed by atoms with Crippen molar-refractivity contribution >= 4 is 79.8 Å². The van der Waals surface area contributed by atoms with Crippen LogP contribution in [0.2, 0.25) is 0 Å². The van der Waals surface area contributed by atoms with Gasteiger partial charge in [0.1, 0.15) is 51.8 Å². The molecule has 0 N–H and O–H groups in total. The van der Waals surface area contributed by atoms with Gasteiger partial charge in [0.15, 0.2) is 11.4 Å². The quantitative estimate of drug-likeness (QED) is 0.0309. The first-order valence-corrected chi connectivity index (χ1v) is 31.7. The molecule has 93 heavy (non-hydrogen) atoms. The number of oxime groups is 3. The third kappa shape index (κ3) is 15.6. The summed E-state index contributed by atoms with van der Waals surface area (Å²) in [5, 5.41) is 13.5. The lowest BCUT2D eigenvalue weighted by Crippen LogP contribution is -2.55. The van der Waals surface area contributed by atoms with Crippen LogP contribution in [0.1, 0.15) is 23.6 Å². The highest BCUT2D eigenvalue weighted by Gasteiger charge is 2.40. The first-order chi connectivity index (χ1) is 44.2. The van der Waals surface area contributed by atoms with E-state index in [4.69, 9.17) is 18.5 Å². The molecule has 0 bridgehead atoms. The maximum atomic E-state index is 14.3. The van der Waals surface area contributed by atoms with E-state index in [1.54, 1.807) is 66.7 Å². The lowest BCUT2D eigenvalue weighted by molar-refractivity contribution is -0.0606. The summed E-state index contributed by atoms with van der Waals surface area (Å²) in [6.07, 6.45) is -10.5. The van der Waals surface area contributed by atoms with Crippen molar-refractivity contribution in [3.63, 3.8) is 0 Å². The predicted octanol–water partition coefficient (Wildman–Crippen LogP) is 10.3. The van der Waals surface area contributed by atoms with Gasteiger partial charge in [0, 0.05) is 11.1 Å². The van der Waals surface area contributed by atoms with Gasteiger partial charge in [-0.15, -0.1) is 0 Å². The Bertz CT molecular complexity index is 4870. The van der Waals surface area contributed by atoms with Crippen LogP contribution in [0.25, 0.3) is 32.3 Å². The molecule has 1 aromatic heterocycles. The Hall–Kier alpha value is -10.6. The van der Waals surface area contributed by atoms with Crippen LogP contribution in [0.4, 0.5) is 26.3 Å². The SMILES string of the molecule is C/C(=N/OS(=O)(=O)c1ccc2ccccc2c1)c1ccc(OCCn2c(=O)n(CCOc3ccc(/C(=N\OS(=O)(=O)c4ccc5ccccc5c4)C(F)(F)F)cc3)c(=O)n(CCOc3ccc(/C(=N\OS(=O)(=O)c4ccc5ccccc5c4)C(F)(F)F)cc3)c2=O)cc1. The topological polar surface area (TPSA) is 261 Å². The zero-order valence-electron chi connectivity index (χ0n) is 48.1. The largest absolute Gasteiger partial charge is 0.492 e. The van der Waals surface area contributed by atoms with E-state index in [9.17, 15) is 66.0 Å². The molecule has 0 saturated heterocycles. The lowest BCUT2D eigenvalue weighted by atomic mass is 10.1. The molecule has 0 amide bonds. The Morgan fingerprint density at radius 3 is 0.925 bits per heavy atom. The summed E-state index contributed by atoms with van der Waals surface area (Å²) in [7, 11) is -14.0. The van der Waals surface area contributed by atoms with Gasteiger partial charge in [0.2, 0.25) is 0 Å². The van der Waals surface area contributed by atoms with Gasteiger partial charge in [-0.25, -0.2) is 28.1 Å². The molecular formula is C63H48F6N6O15S3. The van der Waals surface area contributed by atoms with Crippen molar-refractivity contribution < 1.29 is 78.7 Å². The Kier molecular flexibility index (Phi) is 19.0. The molecule has 0 atom stereocenters. The number of benzene rings is 9. The van der Waals surface area contributed by atoms with Gasteiger partial charge in [-0.2, -0.15) is 51.6 Å². The van der Waals surface area contributed by atoms with Crippen molar-refractivity contribution in [1.82, 2.24) is 13.7 Å². The Balaban J connectivity index is 0.836. The second kappa shape index (κ2) is 27.1. The van der Waals surface area contributed by atoms with Gasteiger partial charge in [0.25, 0.3) is 0 Å². The van der Waals surface area contributed by atoms with Crippen LogP contribution in [0.5, 0.6) is 17.2 Å². The summed E-state index contributed by atoms with van der Waals surface area (Å²) in [4.78, 5) is 41.0. The third-order valence-electron chi connectivity index (χ3n) is 14.0. The van der Waals surface area contributed by atoms with Gasteiger partial charge >= 0.3 is 59.8 Å². The molecule has 10 rings (SSSR count). The summed E-state index contributed by atoms with van der Waals surface area (Å²) >= 11 is 0. The fourth-order valence-corrected chi connectivity index (χ4v) is 11.5. The molecule has 0 spiro atoms. The van der Waals surface area contributed by atoms with E-state index in [1.165, 1.54) is 67.6 Å². The summed E-state index contributed by atoms with van der Waals surface area (Å²) in [5.74, 6) is 0.00619. The molecular weight excluding hydrogens is 1290 g/mol. The Morgan fingerprint density at radius 2 is 0.634 bits per heavy atom. The molecule has 480 valence electrons. The predicted molar refractivity (Wildman–Crippen MR) is 329 cm³/mol. The first-order valence-electron chi connectivity index (χ1n) is 27.5. The molecule has 10 aromatic rings. The summed E-state index contributed by atoms with van der Waals surface area (Å²) < 4.78 is 197. The number of hydrogen-bond donors (Lipinski definition) is 0. The molecule has 0 aliphatic carbocycles. The highest BCUT2D eigenvalue weighted by atomic mass is 32.2. The van der Waals surface area contributed by atoms with Gasteiger partial charge in [-0.3, -0.25) is 12.9 Å². The molecule has 9 aromatic carbocycles. The molecule has 0 aliphatic heterocycles. The molecule has 0 unspecified atom stereocenters. The van der Waals surface area contributed by atoms with Crippen LogP contribution in [-0.4, -0.2) is 88.3 Å². The number of halogens is 6. The van der Waals surface area contributed by atoms with Gasteiger partial charge in [0.05, 0.1) is 25.3 Å². The number of alkyl halides is 6. The zero-order valence-corrected chi connectivity index (χ0v) is 50.5. The van der Waals surface area contributed by atoms with E-state index in [0.29, 0.717) is 46.2 Å². The minimum Gasteiger partial charge on any atom is -0.492 e. The van der Waals surface area contributed by atoms with E-state index < -0.39 is 125 Å². The highest BCUT2D eigenvalue weighted by Crippen LogP contribution is 2.30. The molecule has 0 aliphatic rings. The Labute approximate surface area is 524 Å². The second-order valence-corrected chi connectivity index (χ2v) is 24.7. The fourth-order valence-electron chi connectivity index (χ4n) is 9.20. The summed E-state index contributed by atoms with van der Waals surface area (Å²) in [6.45, 7) is -1.55. The van der Waals surface area contributed by atoms with Crippen molar-refractivity contribution in [2.24, 2.45) is 15.5 Å². The van der Waals surface area contributed by atoms with Crippen molar-refractivity contribution in [3.8, 4) is 17.2 Å². The smallest absolute Gasteiger partial charge is 0.437 e. The lowest BCUT2D eigenvalue weighted by Gasteiger charge is -2.16. The molecule has 0 saturated carbocycles. The van der Waals surface area contributed by atoms with Crippen LogP contribution < -0.4 is 31.3 Å². The minimum atomic E-state index is -5.23. The number of fused-ring (bicyclic) bond motifs is 3. The van der Waals surface area contributed by atoms with E-state index in [0.717, 1.165) is 66.0 Å². The first kappa shape index (κ1) is 65.4. The average molecular weight is 1340 g/mol. The minimum absolute atomic E-state index is 0.0993. The van der Waals surface area contributed by atoms with Crippen LogP contribution in [0.15, 0.2) is 245 Å². The van der Waals surface area contributed by atoms with Crippen LogP contribution in [-0.2, 0) is 62.8 Å². The van der Waals surface area contributed by atoms with E-state index in [2.05, 4.69) is 24.0 Å². The molecule has 0 fully saturated rings. The van der Waals surface area contributed by atoms with E-state index in [1.807, 2.05) is 12.1 Å². The number of aromatic nitrogens is 3. The second-order valence-electron chi connectivity index (χ2n) is 20.1. The Morgan fingerprint density at radius 1 is 0.366 bits per heavy atom. The number of nitrogens with zero attached hydrogens (tertiary/aromatic N) is 6. The summed E-state index contributed by atoms with van der Waals surface area (Å²) in [6, 6.07) is 46.4. The number of rotatable bonds is 24. The number of ether oxygens (including phenoxy) is 3. The van der Waals surface area contributed by atoms with Gasteiger partial charge in [-0.05, 0) is 154 Å². The average Bonchev–Trinajstić information content (AvgIpc) is 0.846. The van der Waals surface area contributed by atoms with E-state index >= 15 is 0 Å². The standard InChI is InChI=1S/C63H48F6N6O15S3/c1-41(70-88-91(79,80)54-29-20-43-8-2-5-11-48(43)38-54)42-14-23-51(24-15-42)85-35-32-73-59(76)74(33-36-86-52-25-16-46(17-26-52)57(62(64,65)66)71-89-92(81,82)55-30-21-44-9-3-6-12-49(44)39-55)61(78)75(60(73)77)34-37-87-53-27-18-47(19-28-53)58(63(67,68)69)72-90-93(83,84)56-31-22-45-10-4-7-13-50(45)40-56/h2-31,38-40H,32-37H2,1H3/b70-41-,71-57+,72-58+. The van der Waals surface area contributed by atoms with Crippen molar-refractivity contribution in [3.05, 3.63) is 248 Å². The van der Waals surface area contributed by atoms with Crippen molar-refractivity contribution in [2.75, 3.05) is 19.8 Å². The maximum absolute atomic E-state index is 14.3. The number of hydrogen-bond acceptors (Lipinski definition) is 18. The van der Waals surface area contributed by atoms with Crippen LogP contribution in [0, 0.1) is 0 Å². The monoisotopic (exact) mass is 1340 g/mol. The molecule has 1 heterocycles. The summed E-state index contributed by atoms with van der Waals surface area (Å²) in [5.41, 5.74) is -7.60. The fraction of sp³-hybridized carbons (Fsp3) is 0.143. The maximum Gasteiger partial charge on any atom is 0.437 e. The molecule has 30 heteroatoms. The highest BCUT2D eigenvalue weighted by molar-refractivity contribution is 7.87. The van der Waals surface area contributed by atoms with Gasteiger partial charge < -0.3 is 14.2 Å². The van der Waals surface area contributed by atoms with Gasteiger partial charge in [-0.1, -0.05) is 106 Å². The van der Waals surface area contributed by atoms with Crippen LogP contribution >= 0.6 is 0 Å². The third-order valence-corrected chi connectivity index (χ3v) is 17.3. The molecule has 21 nitrogen and oxygen atoms in total. The van der Waals surface area contributed by atoms with Crippen molar-refractivity contribution in [1.29, 1.82) is 0 Å². The van der Waals surface area contributed by atoms with Crippen molar-refractivity contribution in [2.45, 2.75) is 53.6 Å².